The second kappa shape index (κ2) is 5.13. The van der Waals surface area contributed by atoms with E-state index < -0.39 is 0 Å². The Balaban J connectivity index is 2.68. The molecule has 15 heavy (non-hydrogen) atoms. The van der Waals surface area contributed by atoms with Crippen molar-refractivity contribution in [2.45, 2.75) is 0 Å². The maximum atomic E-state index is 9.36. The van der Waals surface area contributed by atoms with E-state index in [0.717, 1.165) is 0 Å². The summed E-state index contributed by atoms with van der Waals surface area (Å²) >= 11 is 4.66. The van der Waals surface area contributed by atoms with Crippen molar-refractivity contribution in [2.75, 3.05) is 0 Å². The van der Waals surface area contributed by atoms with Gasteiger partial charge >= 0.3 is 0 Å². The van der Waals surface area contributed by atoms with Gasteiger partial charge in [-0.25, -0.2) is 5.84 Å². The SMILES string of the molecule is NNC(=S)N/N=C/c1ccc(O)cc1O. The first-order chi connectivity index (χ1) is 7.13. The van der Waals surface area contributed by atoms with E-state index in [-0.39, 0.29) is 16.6 Å². The molecule has 0 saturated carbocycles. The molecule has 0 radical (unpaired) electrons. The predicted molar refractivity (Wildman–Crippen MR) is 60.4 cm³/mol. The molecule has 0 aliphatic rings. The van der Waals surface area contributed by atoms with Crippen molar-refractivity contribution in [1.82, 2.24) is 10.9 Å². The molecule has 1 aromatic rings. The Hall–Kier alpha value is -1.86. The molecule has 1 rings (SSSR count). The number of hydrogen-bond donors (Lipinski definition) is 5. The van der Waals surface area contributed by atoms with Gasteiger partial charge in [0.25, 0.3) is 0 Å². The summed E-state index contributed by atoms with van der Waals surface area (Å²) in [5.74, 6) is 4.90. The van der Waals surface area contributed by atoms with Crippen LogP contribution in [0.2, 0.25) is 0 Å². The van der Waals surface area contributed by atoms with Crippen LogP contribution in [0, 0.1) is 0 Å². The fourth-order valence-electron chi connectivity index (χ4n) is 0.834. The first-order valence-electron chi connectivity index (χ1n) is 3.95. The van der Waals surface area contributed by atoms with Crippen molar-refractivity contribution >= 4 is 23.5 Å². The molecular formula is C8H10N4O2S. The minimum absolute atomic E-state index is 0.0169. The van der Waals surface area contributed by atoms with Gasteiger partial charge in [0.15, 0.2) is 0 Å². The van der Waals surface area contributed by atoms with Crippen LogP contribution in [-0.4, -0.2) is 21.5 Å². The topological polar surface area (TPSA) is 103 Å². The van der Waals surface area contributed by atoms with E-state index in [9.17, 15) is 5.11 Å². The van der Waals surface area contributed by atoms with E-state index in [1.807, 2.05) is 0 Å². The summed E-state index contributed by atoms with van der Waals surface area (Å²) < 4.78 is 0. The molecule has 0 amide bonds. The van der Waals surface area contributed by atoms with Gasteiger partial charge in [0, 0.05) is 11.6 Å². The molecule has 0 saturated heterocycles. The minimum Gasteiger partial charge on any atom is -0.508 e. The number of aromatic hydroxyl groups is 2. The first-order valence-corrected chi connectivity index (χ1v) is 4.36. The molecule has 0 fully saturated rings. The summed E-state index contributed by atoms with van der Waals surface area (Å²) in [6, 6.07) is 4.15. The number of benzene rings is 1. The third-order valence-electron chi connectivity index (χ3n) is 1.51. The number of phenolic OH excluding ortho intramolecular Hbond substituents is 2. The molecule has 0 heterocycles. The molecule has 7 heteroatoms. The van der Waals surface area contributed by atoms with Crippen LogP contribution in [0.1, 0.15) is 5.56 Å². The zero-order chi connectivity index (χ0) is 11.3. The van der Waals surface area contributed by atoms with Crippen LogP contribution in [0.15, 0.2) is 23.3 Å². The quantitative estimate of drug-likeness (QED) is 0.206. The van der Waals surface area contributed by atoms with Crippen molar-refractivity contribution < 1.29 is 10.2 Å². The van der Waals surface area contributed by atoms with Crippen LogP contribution < -0.4 is 16.7 Å². The lowest BCUT2D eigenvalue weighted by molar-refractivity contribution is 0.450. The average Bonchev–Trinajstić information content (AvgIpc) is 2.21. The lowest BCUT2D eigenvalue weighted by Crippen LogP contribution is -2.37. The van der Waals surface area contributed by atoms with Crippen molar-refractivity contribution in [2.24, 2.45) is 10.9 Å². The minimum atomic E-state index is -0.0767. The van der Waals surface area contributed by atoms with Crippen LogP contribution in [0.5, 0.6) is 11.5 Å². The maximum absolute atomic E-state index is 9.36. The third-order valence-corrected chi connectivity index (χ3v) is 1.72. The number of nitrogens with zero attached hydrogens (tertiary/aromatic N) is 1. The van der Waals surface area contributed by atoms with Gasteiger partial charge < -0.3 is 10.2 Å². The maximum Gasteiger partial charge on any atom is 0.201 e. The van der Waals surface area contributed by atoms with Crippen molar-refractivity contribution in [3.05, 3.63) is 23.8 Å². The highest BCUT2D eigenvalue weighted by molar-refractivity contribution is 7.80. The second-order valence-corrected chi connectivity index (χ2v) is 2.99. The largest absolute Gasteiger partial charge is 0.508 e. The molecule has 0 aliphatic heterocycles. The van der Waals surface area contributed by atoms with Crippen LogP contribution in [0.3, 0.4) is 0 Å². The van der Waals surface area contributed by atoms with Crippen molar-refractivity contribution in [1.29, 1.82) is 0 Å². The van der Waals surface area contributed by atoms with E-state index in [2.05, 4.69) is 28.2 Å². The van der Waals surface area contributed by atoms with Crippen LogP contribution >= 0.6 is 12.2 Å². The first kappa shape index (κ1) is 11.2. The second-order valence-electron chi connectivity index (χ2n) is 2.59. The lowest BCUT2D eigenvalue weighted by Gasteiger charge is -2.01. The standard InChI is InChI=1S/C8H10N4O2S/c9-11-8(15)12-10-4-5-1-2-6(13)3-7(5)14/h1-4,13-14H,9H2,(H2,11,12,15)/b10-4+. The van der Waals surface area contributed by atoms with E-state index >= 15 is 0 Å². The molecule has 0 spiro atoms. The van der Waals surface area contributed by atoms with Crippen LogP contribution in [-0.2, 0) is 0 Å². The van der Waals surface area contributed by atoms with Crippen molar-refractivity contribution in [3.63, 3.8) is 0 Å². The fraction of sp³-hybridized carbons (Fsp3) is 0. The van der Waals surface area contributed by atoms with Gasteiger partial charge in [0.05, 0.1) is 6.21 Å². The van der Waals surface area contributed by atoms with Gasteiger partial charge in [-0.1, -0.05) is 0 Å². The predicted octanol–water partition coefficient (Wildman–Crippen LogP) is -0.231. The lowest BCUT2D eigenvalue weighted by atomic mass is 10.2. The van der Waals surface area contributed by atoms with Gasteiger partial charge in [-0.15, -0.1) is 0 Å². The Morgan fingerprint density at radius 2 is 2.20 bits per heavy atom. The molecule has 1 aromatic carbocycles. The summed E-state index contributed by atoms with van der Waals surface area (Å²) in [4.78, 5) is 0. The molecule has 0 aliphatic carbocycles. The van der Waals surface area contributed by atoms with Crippen LogP contribution in [0.4, 0.5) is 0 Å². The third kappa shape index (κ3) is 3.41. The number of thiocarbonyl (C=S) groups is 1. The fourth-order valence-corrected chi connectivity index (χ4v) is 0.887. The summed E-state index contributed by atoms with van der Waals surface area (Å²) in [7, 11) is 0. The van der Waals surface area contributed by atoms with Gasteiger partial charge in [0.2, 0.25) is 5.11 Å². The Bertz CT molecular complexity index is 394. The molecule has 0 atom stereocenters. The van der Waals surface area contributed by atoms with Gasteiger partial charge in [0.1, 0.15) is 11.5 Å². The highest BCUT2D eigenvalue weighted by Gasteiger charge is 1.98. The average molecular weight is 226 g/mol. The monoisotopic (exact) mass is 226 g/mol. The molecular weight excluding hydrogens is 216 g/mol. The molecule has 0 aromatic heterocycles. The van der Waals surface area contributed by atoms with Gasteiger partial charge in [-0.05, 0) is 24.4 Å². The summed E-state index contributed by atoms with van der Waals surface area (Å²) in [5, 5.41) is 22.2. The van der Waals surface area contributed by atoms with E-state index in [4.69, 9.17) is 10.9 Å². The normalized spacial score (nSPS) is 10.2. The number of hydrazine groups is 1. The number of phenols is 2. The van der Waals surface area contributed by atoms with E-state index in [1.165, 1.54) is 24.4 Å². The molecule has 0 unspecified atom stereocenters. The van der Waals surface area contributed by atoms with Crippen molar-refractivity contribution in [3.8, 4) is 11.5 Å². The van der Waals surface area contributed by atoms with E-state index in [1.54, 1.807) is 0 Å². The highest BCUT2D eigenvalue weighted by atomic mass is 32.1. The number of hydrogen-bond acceptors (Lipinski definition) is 5. The Morgan fingerprint density at radius 1 is 1.47 bits per heavy atom. The summed E-state index contributed by atoms with van der Waals surface area (Å²) in [6.07, 6.45) is 1.35. The molecule has 6 N–H and O–H groups in total. The zero-order valence-corrected chi connectivity index (χ0v) is 8.45. The smallest absolute Gasteiger partial charge is 0.201 e. The summed E-state index contributed by atoms with van der Waals surface area (Å²) in [6.45, 7) is 0. The zero-order valence-electron chi connectivity index (χ0n) is 7.64. The number of nitrogens with two attached hydrogens (primary N) is 1. The number of nitrogens with one attached hydrogen (secondary N) is 2. The Labute approximate surface area is 91.4 Å². The molecule has 80 valence electrons. The van der Waals surface area contributed by atoms with Gasteiger partial charge in [-0.3, -0.25) is 10.9 Å². The summed E-state index contributed by atoms with van der Waals surface area (Å²) in [5.41, 5.74) is 5.04. The molecule has 0 bridgehead atoms. The van der Waals surface area contributed by atoms with Crippen LogP contribution in [0.25, 0.3) is 0 Å². The highest BCUT2D eigenvalue weighted by Crippen LogP contribution is 2.20. The van der Waals surface area contributed by atoms with Gasteiger partial charge in [-0.2, -0.15) is 5.10 Å². The number of hydrazone groups is 1. The van der Waals surface area contributed by atoms with E-state index in [0.29, 0.717) is 5.56 Å². The molecule has 6 nitrogen and oxygen atoms in total. The Morgan fingerprint density at radius 3 is 2.80 bits per heavy atom. The number of rotatable bonds is 2. The Kier molecular flexibility index (Phi) is 3.83.